The van der Waals surface area contributed by atoms with Gasteiger partial charge in [0.05, 0.1) is 22.1 Å². The Bertz CT molecular complexity index is 1220. The summed E-state index contributed by atoms with van der Waals surface area (Å²) in [5, 5.41) is 0.739. The predicted octanol–water partition coefficient (Wildman–Crippen LogP) is 5.53. The van der Waals surface area contributed by atoms with Crippen molar-refractivity contribution in [3.63, 3.8) is 0 Å². The molecule has 126 valence electrons. The monoisotopic (exact) mass is 358 g/mol. The summed E-state index contributed by atoms with van der Waals surface area (Å²) in [5.74, 6) is 0.871. The molecule has 0 aliphatic heterocycles. The van der Waals surface area contributed by atoms with E-state index in [1.165, 1.54) is 0 Å². The highest BCUT2D eigenvalue weighted by atomic mass is 35.5. The molecule has 0 saturated carbocycles. The fraction of sp³-hybridized carbons (Fsp3) is 0.0476. The number of rotatable bonds is 2. The lowest BCUT2D eigenvalue weighted by Gasteiger charge is -2.06. The molecular formula is C21H15ClN4. The fourth-order valence-corrected chi connectivity index (χ4v) is 3.37. The van der Waals surface area contributed by atoms with Crippen LogP contribution >= 0.6 is 11.6 Å². The van der Waals surface area contributed by atoms with Gasteiger partial charge in [-0.3, -0.25) is 4.57 Å². The third-order valence-electron chi connectivity index (χ3n) is 4.64. The van der Waals surface area contributed by atoms with Crippen LogP contribution in [0.25, 0.3) is 39.1 Å². The van der Waals surface area contributed by atoms with Crippen LogP contribution in [0.4, 0.5) is 0 Å². The van der Waals surface area contributed by atoms with Crippen molar-refractivity contribution in [2.75, 3.05) is 0 Å². The van der Waals surface area contributed by atoms with Gasteiger partial charge in [-0.2, -0.15) is 0 Å². The fourth-order valence-electron chi connectivity index (χ4n) is 3.21. The highest BCUT2D eigenvalue weighted by Gasteiger charge is 2.09. The van der Waals surface area contributed by atoms with Crippen molar-refractivity contribution in [3.05, 3.63) is 77.6 Å². The Labute approximate surface area is 155 Å². The topological polar surface area (TPSA) is 46.5 Å². The molecule has 0 spiro atoms. The van der Waals surface area contributed by atoms with Crippen molar-refractivity contribution >= 4 is 33.7 Å². The van der Waals surface area contributed by atoms with E-state index in [2.05, 4.69) is 49.9 Å². The second kappa shape index (κ2) is 5.71. The smallest absolute Gasteiger partial charge is 0.138 e. The number of hydrogen-bond donors (Lipinski definition) is 1. The lowest BCUT2D eigenvalue weighted by molar-refractivity contribution is 1.09. The molecule has 1 N–H and O–H groups in total. The van der Waals surface area contributed by atoms with Crippen LogP contribution in [0.3, 0.4) is 0 Å². The van der Waals surface area contributed by atoms with Crippen LogP contribution in [-0.4, -0.2) is 19.5 Å². The minimum absolute atomic E-state index is 0.739. The van der Waals surface area contributed by atoms with Crippen LogP contribution < -0.4 is 0 Å². The molecule has 0 saturated heterocycles. The van der Waals surface area contributed by atoms with Crippen molar-refractivity contribution < 1.29 is 0 Å². The molecule has 0 radical (unpaired) electrons. The van der Waals surface area contributed by atoms with Gasteiger partial charge in [0.1, 0.15) is 12.2 Å². The second-order valence-corrected chi connectivity index (χ2v) is 6.76. The number of nitrogens with one attached hydrogen (secondary N) is 1. The van der Waals surface area contributed by atoms with E-state index >= 15 is 0 Å². The maximum Gasteiger partial charge on any atom is 0.138 e. The third-order valence-corrected chi connectivity index (χ3v) is 5.04. The van der Waals surface area contributed by atoms with Crippen molar-refractivity contribution in [1.82, 2.24) is 19.5 Å². The lowest BCUT2D eigenvalue weighted by Crippen LogP contribution is -1.92. The molecule has 0 aliphatic carbocycles. The zero-order valence-corrected chi connectivity index (χ0v) is 14.8. The standard InChI is InChI=1S/C21H15ClN4/c1-13-10-20-19(11-16(13)22)23-12-26(20)15-8-6-14(7-9-15)21-24-17-4-2-3-5-18(17)25-21/h2-12H,1H3,(H,24,25). The Hall–Kier alpha value is -3.11. The number of hydrogen-bond acceptors (Lipinski definition) is 2. The molecule has 0 atom stereocenters. The predicted molar refractivity (Wildman–Crippen MR) is 106 cm³/mol. The molecule has 0 aliphatic rings. The van der Waals surface area contributed by atoms with Gasteiger partial charge < -0.3 is 4.98 Å². The van der Waals surface area contributed by atoms with E-state index < -0.39 is 0 Å². The number of imidazole rings is 2. The zero-order chi connectivity index (χ0) is 17.7. The highest BCUT2D eigenvalue weighted by Crippen LogP contribution is 2.26. The Morgan fingerprint density at radius 3 is 2.58 bits per heavy atom. The average Bonchev–Trinajstić information content (AvgIpc) is 3.26. The van der Waals surface area contributed by atoms with E-state index in [4.69, 9.17) is 11.6 Å². The van der Waals surface area contributed by atoms with Crippen LogP contribution in [0.2, 0.25) is 5.02 Å². The molecule has 0 amide bonds. The van der Waals surface area contributed by atoms with Crippen LogP contribution in [-0.2, 0) is 0 Å². The van der Waals surface area contributed by atoms with E-state index in [9.17, 15) is 0 Å². The Kier molecular flexibility index (Phi) is 3.33. The van der Waals surface area contributed by atoms with Crippen LogP contribution in [0.1, 0.15) is 5.56 Å². The maximum absolute atomic E-state index is 6.21. The quantitative estimate of drug-likeness (QED) is 0.451. The van der Waals surface area contributed by atoms with Crippen molar-refractivity contribution in [2.45, 2.75) is 6.92 Å². The molecule has 26 heavy (non-hydrogen) atoms. The minimum atomic E-state index is 0.739. The van der Waals surface area contributed by atoms with Gasteiger partial charge in [-0.15, -0.1) is 0 Å². The molecule has 2 heterocycles. The molecule has 5 heteroatoms. The average molecular weight is 359 g/mol. The van der Waals surface area contributed by atoms with Crippen LogP contribution in [0, 0.1) is 6.92 Å². The SMILES string of the molecule is Cc1cc2c(cc1Cl)ncn2-c1ccc(-c2nc3ccccc3[nH]2)cc1. The first-order valence-electron chi connectivity index (χ1n) is 8.38. The normalized spacial score (nSPS) is 11.5. The first-order chi connectivity index (χ1) is 12.7. The largest absolute Gasteiger partial charge is 0.338 e. The van der Waals surface area contributed by atoms with Crippen LogP contribution in [0.5, 0.6) is 0 Å². The first-order valence-corrected chi connectivity index (χ1v) is 8.75. The Morgan fingerprint density at radius 1 is 0.962 bits per heavy atom. The van der Waals surface area contributed by atoms with Gasteiger partial charge in [-0.05, 0) is 61.0 Å². The summed E-state index contributed by atoms with van der Waals surface area (Å²) in [4.78, 5) is 12.5. The molecule has 5 rings (SSSR count). The molecule has 2 aromatic heterocycles. The van der Waals surface area contributed by atoms with Gasteiger partial charge >= 0.3 is 0 Å². The Morgan fingerprint density at radius 2 is 1.77 bits per heavy atom. The van der Waals surface area contributed by atoms with Gasteiger partial charge in [0.25, 0.3) is 0 Å². The molecular weight excluding hydrogens is 344 g/mol. The molecule has 3 aromatic carbocycles. The number of aromatic amines is 1. The minimum Gasteiger partial charge on any atom is -0.338 e. The lowest BCUT2D eigenvalue weighted by atomic mass is 10.2. The van der Waals surface area contributed by atoms with E-state index in [0.717, 1.165) is 49.7 Å². The van der Waals surface area contributed by atoms with Gasteiger partial charge in [0, 0.05) is 16.3 Å². The summed E-state index contributed by atoms with van der Waals surface area (Å²) in [6.45, 7) is 2.00. The number of benzene rings is 3. The van der Waals surface area contributed by atoms with E-state index in [1.54, 1.807) is 0 Å². The number of H-pyrrole nitrogens is 1. The molecule has 0 fully saturated rings. The van der Waals surface area contributed by atoms with Gasteiger partial charge in [-0.25, -0.2) is 9.97 Å². The van der Waals surface area contributed by atoms with Gasteiger partial charge in [0.15, 0.2) is 0 Å². The molecule has 4 nitrogen and oxygen atoms in total. The summed E-state index contributed by atoms with van der Waals surface area (Å²) >= 11 is 6.21. The summed E-state index contributed by atoms with van der Waals surface area (Å²) in [6, 6.07) is 20.3. The number of fused-ring (bicyclic) bond motifs is 2. The van der Waals surface area contributed by atoms with Crippen molar-refractivity contribution in [2.24, 2.45) is 0 Å². The summed E-state index contributed by atoms with van der Waals surface area (Å²) in [6.07, 6.45) is 1.83. The molecule has 0 bridgehead atoms. The van der Waals surface area contributed by atoms with Gasteiger partial charge in [0.2, 0.25) is 0 Å². The number of halogens is 1. The first kappa shape index (κ1) is 15.2. The summed E-state index contributed by atoms with van der Waals surface area (Å²) < 4.78 is 2.07. The van der Waals surface area contributed by atoms with E-state index in [-0.39, 0.29) is 0 Å². The summed E-state index contributed by atoms with van der Waals surface area (Å²) in [7, 11) is 0. The molecule has 0 unspecified atom stereocenters. The van der Waals surface area contributed by atoms with E-state index in [0.29, 0.717) is 0 Å². The Balaban J connectivity index is 1.57. The third kappa shape index (κ3) is 2.38. The number of para-hydroxylation sites is 2. The summed E-state index contributed by atoms with van der Waals surface area (Å²) in [5.41, 5.74) is 7.09. The van der Waals surface area contributed by atoms with Gasteiger partial charge in [-0.1, -0.05) is 23.7 Å². The van der Waals surface area contributed by atoms with Crippen LogP contribution in [0.15, 0.2) is 67.0 Å². The highest BCUT2D eigenvalue weighted by molar-refractivity contribution is 6.32. The zero-order valence-electron chi connectivity index (χ0n) is 14.1. The van der Waals surface area contributed by atoms with E-state index in [1.807, 2.05) is 43.6 Å². The number of aromatic nitrogens is 4. The van der Waals surface area contributed by atoms with Crippen molar-refractivity contribution in [3.8, 4) is 17.1 Å². The molecule has 5 aromatic rings. The van der Waals surface area contributed by atoms with Crippen molar-refractivity contribution in [1.29, 1.82) is 0 Å². The maximum atomic E-state index is 6.21. The number of nitrogens with zero attached hydrogens (tertiary/aromatic N) is 3. The number of aryl methyl sites for hydroxylation is 1. The second-order valence-electron chi connectivity index (χ2n) is 6.35.